The van der Waals surface area contributed by atoms with E-state index in [0.717, 1.165) is 6.61 Å². The second-order valence-electron chi connectivity index (χ2n) is 6.47. The molecular formula is C18H24OSi. The van der Waals surface area contributed by atoms with Crippen LogP contribution < -0.4 is 0 Å². The first-order chi connectivity index (χ1) is 9.42. The maximum atomic E-state index is 6.24. The maximum Gasteiger partial charge on any atom is 0.183 e. The zero-order valence-corrected chi connectivity index (χ0v) is 13.9. The minimum Gasteiger partial charge on any atom is -0.416 e. The van der Waals surface area contributed by atoms with Gasteiger partial charge in [0.2, 0.25) is 0 Å². The molecule has 0 heterocycles. The van der Waals surface area contributed by atoms with Gasteiger partial charge in [0, 0.05) is 12.0 Å². The average Bonchev–Trinajstić information content (AvgIpc) is 2.46. The summed E-state index contributed by atoms with van der Waals surface area (Å²) in [6, 6.07) is 21.3. The lowest BCUT2D eigenvalue weighted by Gasteiger charge is -2.33. The third-order valence-corrected chi connectivity index (χ3v) is 4.63. The highest BCUT2D eigenvalue weighted by Crippen LogP contribution is 2.33. The van der Waals surface area contributed by atoms with Crippen LogP contribution in [-0.2, 0) is 9.84 Å². The zero-order chi connectivity index (χ0) is 14.6. The van der Waals surface area contributed by atoms with E-state index < -0.39 is 8.32 Å². The van der Waals surface area contributed by atoms with Crippen LogP contribution >= 0.6 is 0 Å². The molecule has 0 aromatic heterocycles. The van der Waals surface area contributed by atoms with Gasteiger partial charge in [-0.2, -0.15) is 0 Å². The van der Waals surface area contributed by atoms with Gasteiger partial charge in [0.1, 0.15) is 0 Å². The first-order valence-electron chi connectivity index (χ1n) is 7.17. The van der Waals surface area contributed by atoms with E-state index in [9.17, 15) is 0 Å². The van der Waals surface area contributed by atoms with E-state index in [2.05, 4.69) is 87.2 Å². The van der Waals surface area contributed by atoms with E-state index in [1.54, 1.807) is 0 Å². The zero-order valence-electron chi connectivity index (χ0n) is 12.9. The van der Waals surface area contributed by atoms with Crippen molar-refractivity contribution in [2.75, 3.05) is 6.61 Å². The predicted molar refractivity (Wildman–Crippen MR) is 88.6 cm³/mol. The van der Waals surface area contributed by atoms with Gasteiger partial charge < -0.3 is 4.43 Å². The molecule has 0 fully saturated rings. The Hall–Kier alpha value is -1.38. The van der Waals surface area contributed by atoms with Crippen LogP contribution in [0, 0.1) is 0 Å². The third kappa shape index (κ3) is 3.59. The second-order valence-corrected chi connectivity index (χ2v) is 11.0. The number of hydrogen-bond donors (Lipinski definition) is 0. The second kappa shape index (κ2) is 5.94. The molecular weight excluding hydrogens is 260 g/mol. The van der Waals surface area contributed by atoms with Crippen LogP contribution in [0.5, 0.6) is 0 Å². The summed E-state index contributed by atoms with van der Waals surface area (Å²) < 4.78 is 6.24. The highest BCUT2D eigenvalue weighted by Gasteiger charge is 2.31. The van der Waals surface area contributed by atoms with E-state index in [1.165, 1.54) is 11.1 Å². The van der Waals surface area contributed by atoms with Crippen LogP contribution in [0.1, 0.15) is 18.1 Å². The van der Waals surface area contributed by atoms with Crippen molar-refractivity contribution in [3.63, 3.8) is 0 Å². The molecule has 0 saturated heterocycles. The Morgan fingerprint density at radius 2 is 1.20 bits per heavy atom. The van der Waals surface area contributed by atoms with Crippen LogP contribution in [-0.4, -0.2) is 14.9 Å². The summed E-state index contributed by atoms with van der Waals surface area (Å²) in [5.41, 5.74) is 2.52. The van der Waals surface area contributed by atoms with E-state index in [0.29, 0.717) is 0 Å². The maximum absolute atomic E-state index is 6.24. The molecule has 2 aromatic rings. The summed E-state index contributed by atoms with van der Waals surface area (Å²) in [7, 11) is -1.53. The highest BCUT2D eigenvalue weighted by molar-refractivity contribution is 6.69. The largest absolute Gasteiger partial charge is 0.416 e. The van der Waals surface area contributed by atoms with Crippen molar-refractivity contribution < 1.29 is 4.43 Å². The van der Waals surface area contributed by atoms with Gasteiger partial charge >= 0.3 is 0 Å². The highest BCUT2D eigenvalue weighted by atomic mass is 28.4. The molecule has 20 heavy (non-hydrogen) atoms. The van der Waals surface area contributed by atoms with Crippen molar-refractivity contribution in [1.82, 2.24) is 0 Å². The van der Waals surface area contributed by atoms with Crippen molar-refractivity contribution in [2.24, 2.45) is 0 Å². The molecule has 0 saturated carbocycles. The molecule has 0 unspecified atom stereocenters. The van der Waals surface area contributed by atoms with E-state index in [-0.39, 0.29) is 5.41 Å². The standard InChI is InChI=1S/C18H24OSi/c1-18(15-19-20(2,3)4,16-11-7-5-8-12-16)17-13-9-6-10-14-17/h5-14H,15H2,1-4H3. The Balaban J connectivity index is 2.39. The predicted octanol–water partition coefficient (Wildman–Crippen LogP) is 4.84. The van der Waals surface area contributed by atoms with Gasteiger partial charge in [-0.3, -0.25) is 0 Å². The fourth-order valence-electron chi connectivity index (χ4n) is 2.31. The first kappa shape index (κ1) is 15.0. The van der Waals surface area contributed by atoms with Gasteiger partial charge in [-0.05, 0) is 37.7 Å². The Morgan fingerprint density at radius 3 is 1.55 bits per heavy atom. The van der Waals surface area contributed by atoms with Crippen molar-refractivity contribution in [1.29, 1.82) is 0 Å². The quantitative estimate of drug-likeness (QED) is 0.714. The summed E-state index contributed by atoms with van der Waals surface area (Å²) >= 11 is 0. The normalized spacial score (nSPS) is 12.4. The van der Waals surface area contributed by atoms with Gasteiger partial charge in [0.25, 0.3) is 0 Å². The molecule has 0 radical (unpaired) electrons. The molecule has 0 spiro atoms. The molecule has 0 N–H and O–H groups in total. The molecule has 0 atom stereocenters. The molecule has 2 aromatic carbocycles. The lowest BCUT2D eigenvalue weighted by Crippen LogP contribution is -2.36. The van der Waals surface area contributed by atoms with E-state index in [1.807, 2.05) is 0 Å². The van der Waals surface area contributed by atoms with Crippen molar-refractivity contribution >= 4 is 8.32 Å². The Labute approximate surface area is 123 Å². The molecule has 1 nitrogen and oxygen atoms in total. The van der Waals surface area contributed by atoms with Crippen LogP contribution in [0.2, 0.25) is 19.6 Å². The molecule has 2 rings (SSSR count). The summed E-state index contributed by atoms with van der Waals surface area (Å²) in [4.78, 5) is 0. The van der Waals surface area contributed by atoms with E-state index in [4.69, 9.17) is 4.43 Å². The summed E-state index contributed by atoms with van der Waals surface area (Å²) in [5, 5.41) is 0. The first-order valence-corrected chi connectivity index (χ1v) is 10.6. The summed E-state index contributed by atoms with van der Waals surface area (Å²) in [6.45, 7) is 9.73. The number of rotatable bonds is 5. The molecule has 0 aliphatic carbocycles. The summed E-state index contributed by atoms with van der Waals surface area (Å²) in [6.07, 6.45) is 0. The topological polar surface area (TPSA) is 9.23 Å². The van der Waals surface area contributed by atoms with Gasteiger partial charge in [-0.25, -0.2) is 0 Å². The van der Waals surface area contributed by atoms with Crippen LogP contribution in [0.15, 0.2) is 60.7 Å². The fraction of sp³-hybridized carbons (Fsp3) is 0.333. The Morgan fingerprint density at radius 1 is 0.800 bits per heavy atom. The minimum atomic E-state index is -1.53. The van der Waals surface area contributed by atoms with Crippen molar-refractivity contribution in [3.8, 4) is 0 Å². The van der Waals surface area contributed by atoms with Crippen molar-refractivity contribution in [3.05, 3.63) is 71.8 Å². The molecule has 0 aliphatic rings. The average molecular weight is 284 g/mol. The van der Waals surface area contributed by atoms with Crippen LogP contribution in [0.4, 0.5) is 0 Å². The van der Waals surface area contributed by atoms with Gasteiger partial charge in [0.15, 0.2) is 8.32 Å². The monoisotopic (exact) mass is 284 g/mol. The van der Waals surface area contributed by atoms with Crippen LogP contribution in [0.3, 0.4) is 0 Å². The molecule has 0 aliphatic heterocycles. The fourth-order valence-corrected chi connectivity index (χ4v) is 3.03. The minimum absolute atomic E-state index is 0.0944. The number of benzene rings is 2. The number of hydrogen-bond acceptors (Lipinski definition) is 1. The molecule has 0 amide bonds. The van der Waals surface area contributed by atoms with Crippen LogP contribution in [0.25, 0.3) is 0 Å². The van der Waals surface area contributed by atoms with Gasteiger partial charge in [0.05, 0.1) is 0 Å². The lowest BCUT2D eigenvalue weighted by atomic mass is 9.77. The third-order valence-electron chi connectivity index (χ3n) is 3.62. The molecule has 0 bridgehead atoms. The summed E-state index contributed by atoms with van der Waals surface area (Å²) in [5.74, 6) is 0. The lowest BCUT2D eigenvalue weighted by molar-refractivity contribution is 0.247. The Bertz CT molecular complexity index is 489. The molecule has 2 heteroatoms. The van der Waals surface area contributed by atoms with E-state index >= 15 is 0 Å². The SMILES string of the molecule is CC(CO[Si](C)(C)C)(c1ccccc1)c1ccccc1. The van der Waals surface area contributed by atoms with Gasteiger partial charge in [-0.1, -0.05) is 60.7 Å². The Kier molecular flexibility index (Phi) is 4.46. The van der Waals surface area contributed by atoms with Gasteiger partial charge in [-0.15, -0.1) is 0 Å². The smallest absolute Gasteiger partial charge is 0.183 e. The molecule has 106 valence electrons. The van der Waals surface area contributed by atoms with Crippen molar-refractivity contribution in [2.45, 2.75) is 32.0 Å².